The van der Waals surface area contributed by atoms with Crippen LogP contribution in [-0.2, 0) is 0 Å². The molecule has 0 spiro atoms. The van der Waals surface area contributed by atoms with E-state index in [1.165, 1.54) is 0 Å². The van der Waals surface area contributed by atoms with Crippen LogP contribution in [0, 0.1) is 0 Å². The third kappa shape index (κ3) is 2.78. The number of benzene rings is 1. The lowest BCUT2D eigenvalue weighted by Crippen LogP contribution is -2.38. The molecule has 0 N–H and O–H groups in total. The Balaban J connectivity index is 2.44. The van der Waals surface area contributed by atoms with Gasteiger partial charge in [0.2, 0.25) is 0 Å². The van der Waals surface area contributed by atoms with E-state index in [2.05, 4.69) is 11.9 Å². The van der Waals surface area contributed by atoms with Crippen molar-refractivity contribution in [2.24, 2.45) is 0 Å². The SMILES string of the molecule is CCC(C)N(CC)C(=O)c1cc(Cl)c2ccccc2n1. The third-order valence-electron chi connectivity index (χ3n) is 3.61. The normalized spacial score (nSPS) is 12.4. The highest BCUT2D eigenvalue weighted by atomic mass is 35.5. The van der Waals surface area contributed by atoms with Crippen LogP contribution in [0.1, 0.15) is 37.7 Å². The van der Waals surface area contributed by atoms with Crippen molar-refractivity contribution in [2.45, 2.75) is 33.2 Å². The molecule has 2 rings (SSSR count). The van der Waals surface area contributed by atoms with Crippen LogP contribution in [0.2, 0.25) is 5.02 Å². The molecule has 2 aromatic rings. The molecule has 1 amide bonds. The summed E-state index contributed by atoms with van der Waals surface area (Å²) in [7, 11) is 0. The Morgan fingerprint density at radius 2 is 2.05 bits per heavy atom. The summed E-state index contributed by atoms with van der Waals surface area (Å²) in [6, 6.07) is 9.45. The van der Waals surface area contributed by atoms with E-state index in [0.717, 1.165) is 17.3 Å². The molecule has 0 fully saturated rings. The number of pyridine rings is 1. The molecule has 0 bridgehead atoms. The maximum absolute atomic E-state index is 12.6. The molecule has 1 unspecified atom stereocenters. The van der Waals surface area contributed by atoms with Gasteiger partial charge in [-0.25, -0.2) is 4.98 Å². The molecule has 0 radical (unpaired) electrons. The minimum absolute atomic E-state index is 0.0606. The summed E-state index contributed by atoms with van der Waals surface area (Å²) in [6.45, 7) is 6.76. The number of hydrogen-bond donors (Lipinski definition) is 0. The summed E-state index contributed by atoms with van der Waals surface area (Å²) >= 11 is 6.26. The first-order valence-electron chi connectivity index (χ1n) is 6.94. The fraction of sp³-hybridized carbons (Fsp3) is 0.375. The van der Waals surface area contributed by atoms with E-state index < -0.39 is 0 Å². The quantitative estimate of drug-likeness (QED) is 0.847. The summed E-state index contributed by atoms with van der Waals surface area (Å²) in [5.74, 6) is -0.0606. The van der Waals surface area contributed by atoms with Gasteiger partial charge in [0.05, 0.1) is 10.5 Å². The average Bonchev–Trinajstić information content (AvgIpc) is 2.47. The van der Waals surface area contributed by atoms with Gasteiger partial charge in [-0.3, -0.25) is 4.79 Å². The lowest BCUT2D eigenvalue weighted by molar-refractivity contribution is 0.0694. The zero-order chi connectivity index (χ0) is 14.7. The fourth-order valence-electron chi connectivity index (χ4n) is 2.27. The van der Waals surface area contributed by atoms with E-state index in [-0.39, 0.29) is 11.9 Å². The summed E-state index contributed by atoms with van der Waals surface area (Å²) in [5, 5.41) is 1.44. The molecule has 0 aliphatic rings. The fourth-order valence-corrected chi connectivity index (χ4v) is 2.53. The molecule has 0 saturated carbocycles. The van der Waals surface area contributed by atoms with Crippen LogP contribution < -0.4 is 0 Å². The highest BCUT2D eigenvalue weighted by Crippen LogP contribution is 2.23. The second kappa shape index (κ2) is 6.23. The Bertz CT molecular complexity index is 627. The molecular weight excluding hydrogens is 272 g/mol. The van der Waals surface area contributed by atoms with Gasteiger partial charge in [-0.1, -0.05) is 36.7 Å². The Kier molecular flexibility index (Phi) is 4.61. The van der Waals surface area contributed by atoms with Crippen molar-refractivity contribution in [3.05, 3.63) is 41.0 Å². The van der Waals surface area contributed by atoms with E-state index in [1.807, 2.05) is 43.0 Å². The molecular formula is C16H19ClN2O. The molecule has 4 heteroatoms. The maximum Gasteiger partial charge on any atom is 0.272 e. The molecule has 0 saturated heterocycles. The van der Waals surface area contributed by atoms with Crippen molar-refractivity contribution in [1.82, 2.24) is 9.88 Å². The summed E-state index contributed by atoms with van der Waals surface area (Å²) in [4.78, 5) is 18.8. The monoisotopic (exact) mass is 290 g/mol. The topological polar surface area (TPSA) is 33.2 Å². The highest BCUT2D eigenvalue weighted by molar-refractivity contribution is 6.35. The van der Waals surface area contributed by atoms with Gasteiger partial charge in [-0.05, 0) is 32.4 Å². The van der Waals surface area contributed by atoms with E-state index in [0.29, 0.717) is 17.3 Å². The van der Waals surface area contributed by atoms with E-state index in [9.17, 15) is 4.79 Å². The van der Waals surface area contributed by atoms with Crippen molar-refractivity contribution in [3.63, 3.8) is 0 Å². The first-order chi connectivity index (χ1) is 9.58. The number of hydrogen-bond acceptors (Lipinski definition) is 2. The smallest absolute Gasteiger partial charge is 0.272 e. The van der Waals surface area contributed by atoms with Crippen molar-refractivity contribution in [3.8, 4) is 0 Å². The van der Waals surface area contributed by atoms with Crippen LogP contribution in [0.15, 0.2) is 30.3 Å². The first kappa shape index (κ1) is 14.8. The number of fused-ring (bicyclic) bond motifs is 1. The van der Waals surface area contributed by atoms with Gasteiger partial charge in [0.25, 0.3) is 5.91 Å². The van der Waals surface area contributed by atoms with Crippen LogP contribution in [-0.4, -0.2) is 28.4 Å². The number of para-hydroxylation sites is 1. The first-order valence-corrected chi connectivity index (χ1v) is 7.32. The maximum atomic E-state index is 12.6. The van der Waals surface area contributed by atoms with E-state index in [1.54, 1.807) is 6.07 Å². The van der Waals surface area contributed by atoms with Crippen LogP contribution in [0.3, 0.4) is 0 Å². The standard InChI is InChI=1S/C16H19ClN2O/c1-4-11(3)19(5-2)16(20)15-10-13(17)12-8-6-7-9-14(12)18-15/h6-11H,4-5H2,1-3H3. The van der Waals surface area contributed by atoms with Gasteiger partial charge >= 0.3 is 0 Å². The summed E-state index contributed by atoms with van der Waals surface area (Å²) in [6.07, 6.45) is 0.918. The van der Waals surface area contributed by atoms with Crippen LogP contribution >= 0.6 is 11.6 Å². The Hall–Kier alpha value is -1.61. The number of halogens is 1. The average molecular weight is 291 g/mol. The van der Waals surface area contributed by atoms with Crippen molar-refractivity contribution in [2.75, 3.05) is 6.54 Å². The van der Waals surface area contributed by atoms with E-state index in [4.69, 9.17) is 11.6 Å². The minimum Gasteiger partial charge on any atom is -0.335 e. The van der Waals surface area contributed by atoms with Crippen LogP contribution in [0.4, 0.5) is 0 Å². The number of rotatable bonds is 4. The van der Waals surface area contributed by atoms with Crippen molar-refractivity contribution < 1.29 is 4.79 Å². The van der Waals surface area contributed by atoms with Crippen LogP contribution in [0.5, 0.6) is 0 Å². The minimum atomic E-state index is -0.0606. The molecule has 1 aromatic heterocycles. The number of nitrogens with zero attached hydrogens (tertiary/aromatic N) is 2. The van der Waals surface area contributed by atoms with Gasteiger partial charge < -0.3 is 4.90 Å². The van der Waals surface area contributed by atoms with Gasteiger partial charge in [-0.15, -0.1) is 0 Å². The van der Waals surface area contributed by atoms with Gasteiger partial charge in [0.1, 0.15) is 5.69 Å². The predicted molar refractivity (Wildman–Crippen MR) is 83.2 cm³/mol. The van der Waals surface area contributed by atoms with E-state index >= 15 is 0 Å². The Morgan fingerprint density at radius 1 is 1.35 bits per heavy atom. The summed E-state index contributed by atoms with van der Waals surface area (Å²) < 4.78 is 0. The van der Waals surface area contributed by atoms with Crippen LogP contribution in [0.25, 0.3) is 10.9 Å². The largest absolute Gasteiger partial charge is 0.335 e. The van der Waals surface area contributed by atoms with Gasteiger partial charge in [0.15, 0.2) is 0 Å². The molecule has 0 aliphatic heterocycles. The number of carbonyl (C=O) groups excluding carboxylic acids is 1. The van der Waals surface area contributed by atoms with Gasteiger partial charge in [0, 0.05) is 18.0 Å². The number of carbonyl (C=O) groups is 1. The number of aromatic nitrogens is 1. The molecule has 106 valence electrons. The molecule has 20 heavy (non-hydrogen) atoms. The number of amides is 1. The van der Waals surface area contributed by atoms with Gasteiger partial charge in [-0.2, -0.15) is 0 Å². The second-order valence-corrected chi connectivity index (χ2v) is 5.26. The summed E-state index contributed by atoms with van der Waals surface area (Å²) in [5.41, 5.74) is 1.17. The zero-order valence-electron chi connectivity index (χ0n) is 12.1. The lowest BCUT2D eigenvalue weighted by Gasteiger charge is -2.27. The van der Waals surface area contributed by atoms with Crippen molar-refractivity contribution in [1.29, 1.82) is 0 Å². The highest BCUT2D eigenvalue weighted by Gasteiger charge is 2.20. The Labute approximate surface area is 124 Å². The second-order valence-electron chi connectivity index (χ2n) is 4.85. The molecule has 1 aromatic carbocycles. The molecule has 0 aliphatic carbocycles. The lowest BCUT2D eigenvalue weighted by atomic mass is 10.1. The Morgan fingerprint density at radius 3 is 2.70 bits per heavy atom. The third-order valence-corrected chi connectivity index (χ3v) is 3.92. The molecule has 3 nitrogen and oxygen atoms in total. The van der Waals surface area contributed by atoms with Crippen molar-refractivity contribution >= 4 is 28.4 Å². The predicted octanol–water partition coefficient (Wildman–Crippen LogP) is 4.15. The molecule has 1 atom stereocenters. The zero-order valence-corrected chi connectivity index (χ0v) is 12.8. The molecule has 1 heterocycles.